The number of nitrogen functional groups attached to an aromatic ring is 1. The molecule has 2 aromatic carbocycles. The summed E-state index contributed by atoms with van der Waals surface area (Å²) < 4.78 is 0. The molecule has 0 radical (unpaired) electrons. The number of para-hydroxylation sites is 1. The summed E-state index contributed by atoms with van der Waals surface area (Å²) in [6, 6.07) is 14.6. The van der Waals surface area contributed by atoms with Crippen molar-refractivity contribution in [3.8, 4) is 0 Å². The zero-order valence-electron chi connectivity index (χ0n) is 12.1. The number of amides is 1. The number of carbonyl (C=O) groups excluding carboxylic acids is 1. The summed E-state index contributed by atoms with van der Waals surface area (Å²) in [5, 5.41) is 0.626. The monoisotopic (exact) mass is 302 g/mol. The molecular weight excluding hydrogens is 284 g/mol. The topological polar surface area (TPSA) is 46.3 Å². The van der Waals surface area contributed by atoms with Crippen molar-refractivity contribution >= 4 is 23.2 Å². The Labute approximate surface area is 130 Å². The van der Waals surface area contributed by atoms with E-state index >= 15 is 0 Å². The summed E-state index contributed by atoms with van der Waals surface area (Å²) in [6.07, 6.45) is 0.895. The highest BCUT2D eigenvalue weighted by molar-refractivity contribution is 6.30. The SMILES string of the molecule is CCCN(Cc1ccccc1N)C(=O)c1ccc(Cl)cc1. The molecule has 0 heterocycles. The van der Waals surface area contributed by atoms with E-state index in [4.69, 9.17) is 17.3 Å². The Morgan fingerprint density at radius 2 is 1.81 bits per heavy atom. The van der Waals surface area contributed by atoms with Gasteiger partial charge >= 0.3 is 0 Å². The van der Waals surface area contributed by atoms with Crippen LogP contribution in [0.4, 0.5) is 5.69 Å². The van der Waals surface area contributed by atoms with E-state index < -0.39 is 0 Å². The lowest BCUT2D eigenvalue weighted by Gasteiger charge is -2.23. The zero-order valence-corrected chi connectivity index (χ0v) is 12.8. The molecule has 0 saturated carbocycles. The van der Waals surface area contributed by atoms with Crippen molar-refractivity contribution in [1.29, 1.82) is 0 Å². The molecule has 0 aliphatic carbocycles. The van der Waals surface area contributed by atoms with E-state index in [1.165, 1.54) is 0 Å². The molecule has 2 rings (SSSR count). The molecule has 21 heavy (non-hydrogen) atoms. The molecule has 0 unspecified atom stereocenters. The quantitative estimate of drug-likeness (QED) is 0.849. The van der Waals surface area contributed by atoms with Gasteiger partial charge in [-0.1, -0.05) is 36.7 Å². The molecule has 2 aromatic rings. The van der Waals surface area contributed by atoms with Crippen molar-refractivity contribution in [1.82, 2.24) is 4.90 Å². The van der Waals surface area contributed by atoms with E-state index in [9.17, 15) is 4.79 Å². The second-order valence-electron chi connectivity index (χ2n) is 4.93. The van der Waals surface area contributed by atoms with E-state index in [0.717, 1.165) is 12.0 Å². The molecule has 3 nitrogen and oxygen atoms in total. The molecule has 0 aliphatic heterocycles. The van der Waals surface area contributed by atoms with Crippen LogP contribution < -0.4 is 5.73 Å². The smallest absolute Gasteiger partial charge is 0.254 e. The Balaban J connectivity index is 2.20. The summed E-state index contributed by atoms with van der Waals surface area (Å²) in [5.41, 5.74) is 8.29. The van der Waals surface area contributed by atoms with E-state index in [1.807, 2.05) is 29.2 Å². The minimum absolute atomic E-state index is 0.00299. The molecule has 0 spiro atoms. The predicted octanol–water partition coefficient (Wildman–Crippen LogP) is 3.97. The van der Waals surface area contributed by atoms with Crippen LogP contribution in [-0.4, -0.2) is 17.4 Å². The number of rotatable bonds is 5. The summed E-state index contributed by atoms with van der Waals surface area (Å²) >= 11 is 5.87. The van der Waals surface area contributed by atoms with Crippen LogP contribution >= 0.6 is 11.6 Å². The molecule has 0 bridgehead atoms. The standard InChI is InChI=1S/C17H19ClN2O/c1-2-11-20(12-14-5-3-4-6-16(14)19)17(21)13-7-9-15(18)10-8-13/h3-10H,2,11-12,19H2,1H3. The fraction of sp³-hybridized carbons (Fsp3) is 0.235. The van der Waals surface area contributed by atoms with Gasteiger partial charge in [-0.2, -0.15) is 0 Å². The van der Waals surface area contributed by atoms with Crippen LogP contribution in [0.3, 0.4) is 0 Å². The molecule has 0 aromatic heterocycles. The van der Waals surface area contributed by atoms with Crippen molar-refractivity contribution < 1.29 is 4.79 Å². The first-order chi connectivity index (χ1) is 10.1. The van der Waals surface area contributed by atoms with Gasteiger partial charge in [-0.05, 0) is 42.3 Å². The fourth-order valence-corrected chi connectivity index (χ4v) is 2.31. The van der Waals surface area contributed by atoms with Crippen LogP contribution in [0.5, 0.6) is 0 Å². The molecule has 0 saturated heterocycles. The maximum Gasteiger partial charge on any atom is 0.254 e. The van der Waals surface area contributed by atoms with Crippen molar-refractivity contribution in [2.75, 3.05) is 12.3 Å². The summed E-state index contributed by atoms with van der Waals surface area (Å²) in [4.78, 5) is 14.4. The van der Waals surface area contributed by atoms with Gasteiger partial charge in [0.15, 0.2) is 0 Å². The first-order valence-electron chi connectivity index (χ1n) is 7.00. The summed E-state index contributed by atoms with van der Waals surface area (Å²) in [6.45, 7) is 3.26. The van der Waals surface area contributed by atoms with Crippen LogP contribution in [0, 0.1) is 0 Å². The van der Waals surface area contributed by atoms with Gasteiger partial charge < -0.3 is 10.6 Å². The molecule has 4 heteroatoms. The summed E-state index contributed by atoms with van der Waals surface area (Å²) in [5.74, 6) is -0.00299. The third kappa shape index (κ3) is 3.99. The van der Waals surface area contributed by atoms with E-state index in [0.29, 0.717) is 29.4 Å². The van der Waals surface area contributed by atoms with Crippen LogP contribution in [0.2, 0.25) is 5.02 Å². The Kier molecular flexibility index (Phi) is 5.23. The molecule has 1 amide bonds. The van der Waals surface area contributed by atoms with Gasteiger partial charge in [0.05, 0.1) is 0 Å². The highest BCUT2D eigenvalue weighted by Gasteiger charge is 2.16. The van der Waals surface area contributed by atoms with Gasteiger partial charge in [0, 0.05) is 29.4 Å². The number of benzene rings is 2. The summed E-state index contributed by atoms with van der Waals surface area (Å²) in [7, 11) is 0. The molecule has 0 aliphatic rings. The minimum Gasteiger partial charge on any atom is -0.398 e. The number of hydrogen-bond donors (Lipinski definition) is 1. The van der Waals surface area contributed by atoms with E-state index in [2.05, 4.69) is 6.92 Å². The van der Waals surface area contributed by atoms with Gasteiger partial charge in [0.25, 0.3) is 5.91 Å². The van der Waals surface area contributed by atoms with Crippen LogP contribution in [-0.2, 0) is 6.54 Å². The predicted molar refractivity (Wildman–Crippen MR) is 87.3 cm³/mol. The third-order valence-electron chi connectivity index (χ3n) is 3.29. The van der Waals surface area contributed by atoms with Crippen LogP contribution in [0.25, 0.3) is 0 Å². The fourth-order valence-electron chi connectivity index (χ4n) is 2.18. The Morgan fingerprint density at radius 3 is 2.43 bits per heavy atom. The van der Waals surface area contributed by atoms with E-state index in [1.54, 1.807) is 24.3 Å². The molecule has 110 valence electrons. The lowest BCUT2D eigenvalue weighted by Crippen LogP contribution is -2.31. The van der Waals surface area contributed by atoms with Crippen molar-refractivity contribution in [2.45, 2.75) is 19.9 Å². The van der Waals surface area contributed by atoms with Gasteiger partial charge in [-0.15, -0.1) is 0 Å². The average Bonchev–Trinajstić information content (AvgIpc) is 2.49. The normalized spacial score (nSPS) is 10.4. The maximum absolute atomic E-state index is 12.6. The minimum atomic E-state index is -0.00299. The molecule has 0 atom stereocenters. The number of halogens is 1. The first kappa shape index (κ1) is 15.4. The van der Waals surface area contributed by atoms with Crippen LogP contribution in [0.15, 0.2) is 48.5 Å². The molecule has 0 fully saturated rings. The third-order valence-corrected chi connectivity index (χ3v) is 3.54. The number of hydrogen-bond acceptors (Lipinski definition) is 2. The number of carbonyl (C=O) groups is 1. The van der Waals surface area contributed by atoms with Crippen molar-refractivity contribution in [3.63, 3.8) is 0 Å². The second-order valence-corrected chi connectivity index (χ2v) is 5.37. The van der Waals surface area contributed by atoms with Gasteiger partial charge in [0.1, 0.15) is 0 Å². The highest BCUT2D eigenvalue weighted by Crippen LogP contribution is 2.17. The Morgan fingerprint density at radius 1 is 1.14 bits per heavy atom. The number of anilines is 1. The maximum atomic E-state index is 12.6. The van der Waals surface area contributed by atoms with Crippen molar-refractivity contribution in [2.24, 2.45) is 0 Å². The van der Waals surface area contributed by atoms with Gasteiger partial charge in [-0.3, -0.25) is 4.79 Å². The second kappa shape index (κ2) is 7.14. The van der Waals surface area contributed by atoms with Gasteiger partial charge in [-0.25, -0.2) is 0 Å². The highest BCUT2D eigenvalue weighted by atomic mass is 35.5. The lowest BCUT2D eigenvalue weighted by atomic mass is 10.1. The van der Waals surface area contributed by atoms with E-state index in [-0.39, 0.29) is 5.91 Å². The Bertz CT molecular complexity index is 610. The average molecular weight is 303 g/mol. The van der Waals surface area contributed by atoms with Crippen molar-refractivity contribution in [3.05, 3.63) is 64.7 Å². The largest absolute Gasteiger partial charge is 0.398 e. The van der Waals surface area contributed by atoms with Crippen LogP contribution in [0.1, 0.15) is 29.3 Å². The molecular formula is C17H19ClN2O. The van der Waals surface area contributed by atoms with Gasteiger partial charge in [0.2, 0.25) is 0 Å². The first-order valence-corrected chi connectivity index (χ1v) is 7.38. The number of nitrogens with zero attached hydrogens (tertiary/aromatic N) is 1. The zero-order chi connectivity index (χ0) is 15.2. The lowest BCUT2D eigenvalue weighted by molar-refractivity contribution is 0.0743. The Hall–Kier alpha value is -2.00. The molecule has 2 N–H and O–H groups in total. The number of nitrogens with two attached hydrogens (primary N) is 1.